The van der Waals surface area contributed by atoms with E-state index in [1.165, 1.54) is 11.3 Å². The molecule has 1 saturated carbocycles. The number of fused-ring (bicyclic) bond motifs is 1. The van der Waals surface area contributed by atoms with Crippen LogP contribution in [0, 0.1) is 6.92 Å². The number of thiophene rings is 1. The van der Waals surface area contributed by atoms with Crippen LogP contribution in [0.3, 0.4) is 0 Å². The number of aromatic nitrogens is 2. The summed E-state index contributed by atoms with van der Waals surface area (Å²) in [6, 6.07) is 2.15. The van der Waals surface area contributed by atoms with Crippen molar-refractivity contribution in [1.29, 1.82) is 0 Å². The second-order valence-electron chi connectivity index (χ2n) is 6.39. The first-order chi connectivity index (χ1) is 11.1. The lowest BCUT2D eigenvalue weighted by Crippen LogP contribution is -2.43. The molecule has 7 heteroatoms. The van der Waals surface area contributed by atoms with E-state index in [-0.39, 0.29) is 17.7 Å². The highest BCUT2D eigenvalue weighted by molar-refractivity contribution is 7.20. The average Bonchev–Trinajstić information content (AvgIpc) is 3.22. The van der Waals surface area contributed by atoms with Gasteiger partial charge in [0.15, 0.2) is 5.79 Å². The molecule has 2 aromatic rings. The predicted molar refractivity (Wildman–Crippen MR) is 87.7 cm³/mol. The zero-order valence-electron chi connectivity index (χ0n) is 13.4. The maximum Gasteiger partial charge on any atom is 0.261 e. The highest BCUT2D eigenvalue weighted by Crippen LogP contribution is 2.36. The van der Waals surface area contributed by atoms with Crippen molar-refractivity contribution in [2.24, 2.45) is 7.05 Å². The van der Waals surface area contributed by atoms with Crippen LogP contribution < -0.4 is 5.32 Å². The Morgan fingerprint density at radius 1 is 1.39 bits per heavy atom. The van der Waals surface area contributed by atoms with Gasteiger partial charge in [-0.1, -0.05) is 0 Å². The molecule has 124 valence electrons. The van der Waals surface area contributed by atoms with Crippen molar-refractivity contribution in [3.63, 3.8) is 0 Å². The number of nitrogens with one attached hydrogen (secondary N) is 1. The number of carbonyl (C=O) groups is 1. The Bertz CT molecular complexity index is 701. The van der Waals surface area contributed by atoms with Crippen LogP contribution in [0.25, 0.3) is 10.2 Å². The number of carbonyl (C=O) groups excluding carboxylic acids is 1. The van der Waals surface area contributed by atoms with Gasteiger partial charge < -0.3 is 14.8 Å². The van der Waals surface area contributed by atoms with Crippen LogP contribution in [-0.2, 0) is 16.5 Å². The molecule has 0 unspecified atom stereocenters. The molecule has 1 saturated heterocycles. The molecule has 1 N–H and O–H groups in total. The molecule has 2 aromatic heterocycles. The van der Waals surface area contributed by atoms with Crippen LogP contribution in [-0.4, -0.2) is 40.7 Å². The number of hydrogen-bond acceptors (Lipinski definition) is 5. The Kier molecular flexibility index (Phi) is 3.66. The molecule has 0 aromatic carbocycles. The summed E-state index contributed by atoms with van der Waals surface area (Å²) in [7, 11) is 1.91. The molecule has 1 aliphatic heterocycles. The van der Waals surface area contributed by atoms with Crippen molar-refractivity contribution < 1.29 is 14.3 Å². The maximum atomic E-state index is 12.5. The minimum absolute atomic E-state index is 0.0137. The van der Waals surface area contributed by atoms with E-state index < -0.39 is 0 Å². The number of rotatable bonds is 2. The molecule has 0 bridgehead atoms. The SMILES string of the molecule is Cc1nn(C)c2sc(C(=O)NC3CCC4(CC3)OCCO4)cc12. The van der Waals surface area contributed by atoms with Gasteiger partial charge in [0.1, 0.15) is 4.83 Å². The Morgan fingerprint density at radius 3 is 2.74 bits per heavy atom. The summed E-state index contributed by atoms with van der Waals surface area (Å²) >= 11 is 1.50. The van der Waals surface area contributed by atoms with Crippen molar-refractivity contribution in [1.82, 2.24) is 15.1 Å². The summed E-state index contributed by atoms with van der Waals surface area (Å²) in [5.74, 6) is -0.360. The lowest BCUT2D eigenvalue weighted by atomic mass is 9.90. The second-order valence-corrected chi connectivity index (χ2v) is 7.42. The van der Waals surface area contributed by atoms with Gasteiger partial charge in [0.25, 0.3) is 5.91 Å². The summed E-state index contributed by atoms with van der Waals surface area (Å²) < 4.78 is 13.3. The highest BCUT2D eigenvalue weighted by Gasteiger charge is 2.40. The maximum absolute atomic E-state index is 12.5. The van der Waals surface area contributed by atoms with Crippen molar-refractivity contribution in [2.45, 2.75) is 44.4 Å². The topological polar surface area (TPSA) is 65.4 Å². The van der Waals surface area contributed by atoms with E-state index >= 15 is 0 Å². The van der Waals surface area contributed by atoms with Crippen molar-refractivity contribution in [2.75, 3.05) is 13.2 Å². The normalized spacial score (nSPS) is 21.3. The first-order valence-corrected chi connectivity index (χ1v) is 8.90. The van der Waals surface area contributed by atoms with E-state index in [9.17, 15) is 4.79 Å². The van der Waals surface area contributed by atoms with E-state index in [0.29, 0.717) is 13.2 Å². The molecule has 1 spiro atoms. The fourth-order valence-electron chi connectivity index (χ4n) is 3.56. The van der Waals surface area contributed by atoms with Crippen LogP contribution in [0.1, 0.15) is 41.0 Å². The monoisotopic (exact) mass is 335 g/mol. The van der Waals surface area contributed by atoms with Crippen LogP contribution in [0.5, 0.6) is 0 Å². The minimum Gasteiger partial charge on any atom is -0.349 e. The molecule has 2 aliphatic rings. The Balaban J connectivity index is 1.42. The summed E-state index contributed by atoms with van der Waals surface area (Å²) in [6.45, 7) is 3.34. The third-order valence-corrected chi connectivity index (χ3v) is 6.02. The van der Waals surface area contributed by atoms with Crippen molar-refractivity contribution in [3.8, 4) is 0 Å². The average molecular weight is 335 g/mol. The number of hydrogen-bond donors (Lipinski definition) is 1. The zero-order chi connectivity index (χ0) is 16.0. The smallest absolute Gasteiger partial charge is 0.261 e. The van der Waals surface area contributed by atoms with E-state index in [1.54, 1.807) is 0 Å². The lowest BCUT2D eigenvalue weighted by molar-refractivity contribution is -0.179. The third kappa shape index (κ3) is 2.66. The van der Waals surface area contributed by atoms with Crippen LogP contribution in [0.4, 0.5) is 0 Å². The first-order valence-electron chi connectivity index (χ1n) is 8.08. The van der Waals surface area contributed by atoms with E-state index in [0.717, 1.165) is 46.5 Å². The van der Waals surface area contributed by atoms with Gasteiger partial charge in [0, 0.05) is 31.3 Å². The van der Waals surface area contributed by atoms with Gasteiger partial charge in [-0.25, -0.2) is 0 Å². The molecule has 0 radical (unpaired) electrons. The largest absolute Gasteiger partial charge is 0.349 e. The van der Waals surface area contributed by atoms with Crippen LogP contribution in [0.15, 0.2) is 6.07 Å². The highest BCUT2D eigenvalue weighted by atomic mass is 32.1. The molecule has 0 atom stereocenters. The molecule has 2 fully saturated rings. The number of nitrogens with zero attached hydrogens (tertiary/aromatic N) is 2. The Morgan fingerprint density at radius 2 is 2.09 bits per heavy atom. The van der Waals surface area contributed by atoms with Crippen molar-refractivity contribution in [3.05, 3.63) is 16.6 Å². The molecule has 1 aliphatic carbocycles. The fourth-order valence-corrected chi connectivity index (χ4v) is 4.59. The van der Waals surface area contributed by atoms with Gasteiger partial charge in [-0.15, -0.1) is 11.3 Å². The standard InChI is InChI=1S/C16H21N3O3S/c1-10-12-9-13(23-15(12)19(2)18-10)14(20)17-11-3-5-16(6-4-11)21-7-8-22-16/h9,11H,3-8H2,1-2H3,(H,17,20). The Labute approximate surface area is 138 Å². The van der Waals surface area contributed by atoms with Gasteiger partial charge in [0.05, 0.1) is 23.8 Å². The molecular weight excluding hydrogens is 314 g/mol. The zero-order valence-corrected chi connectivity index (χ0v) is 14.2. The van der Waals surface area contributed by atoms with Crippen LogP contribution in [0.2, 0.25) is 0 Å². The summed E-state index contributed by atoms with van der Waals surface area (Å²) in [4.78, 5) is 14.3. The van der Waals surface area contributed by atoms with E-state index in [2.05, 4.69) is 10.4 Å². The van der Waals surface area contributed by atoms with Crippen LogP contribution >= 0.6 is 11.3 Å². The number of aryl methyl sites for hydroxylation is 2. The molecule has 3 heterocycles. The van der Waals surface area contributed by atoms with Gasteiger partial charge in [-0.05, 0) is 25.8 Å². The first kappa shape index (κ1) is 15.1. The molecule has 6 nitrogen and oxygen atoms in total. The van der Waals surface area contributed by atoms with Gasteiger partial charge in [-0.2, -0.15) is 5.10 Å². The quantitative estimate of drug-likeness (QED) is 0.915. The summed E-state index contributed by atoms with van der Waals surface area (Å²) in [5.41, 5.74) is 0.966. The molecule has 1 amide bonds. The summed E-state index contributed by atoms with van der Waals surface area (Å²) in [6.07, 6.45) is 3.51. The Hall–Kier alpha value is -1.44. The molecule has 4 rings (SSSR count). The predicted octanol–water partition coefficient (Wildman–Crippen LogP) is 2.36. The minimum atomic E-state index is -0.373. The third-order valence-electron chi connectivity index (χ3n) is 4.82. The lowest BCUT2D eigenvalue weighted by Gasteiger charge is -2.35. The van der Waals surface area contributed by atoms with Crippen molar-refractivity contribution >= 4 is 27.5 Å². The van der Waals surface area contributed by atoms with E-state index in [4.69, 9.17) is 9.47 Å². The van der Waals surface area contributed by atoms with Gasteiger partial charge in [-0.3, -0.25) is 9.48 Å². The number of amides is 1. The molecule has 23 heavy (non-hydrogen) atoms. The van der Waals surface area contributed by atoms with Gasteiger partial charge >= 0.3 is 0 Å². The fraction of sp³-hybridized carbons (Fsp3) is 0.625. The second kappa shape index (κ2) is 5.58. The van der Waals surface area contributed by atoms with Gasteiger partial charge in [0.2, 0.25) is 0 Å². The number of ether oxygens (including phenoxy) is 2. The molecular formula is C16H21N3O3S. The summed E-state index contributed by atoms with van der Waals surface area (Å²) in [5, 5.41) is 8.60. The van der Waals surface area contributed by atoms with E-state index in [1.807, 2.05) is 24.7 Å².